The molecule has 1 amide bonds. The first-order valence-electron chi connectivity index (χ1n) is 11.0. The second kappa shape index (κ2) is 10.3. The highest BCUT2D eigenvalue weighted by Gasteiger charge is 2.33. The van der Waals surface area contributed by atoms with E-state index in [2.05, 4.69) is 20.4 Å². The van der Waals surface area contributed by atoms with E-state index >= 15 is 0 Å². The fourth-order valence-electron chi connectivity index (χ4n) is 3.95. The lowest BCUT2D eigenvalue weighted by atomic mass is 9.99. The van der Waals surface area contributed by atoms with E-state index < -0.39 is 5.97 Å². The molecule has 1 fully saturated rings. The van der Waals surface area contributed by atoms with Gasteiger partial charge in [-0.15, -0.1) is 15.0 Å². The van der Waals surface area contributed by atoms with Gasteiger partial charge in [-0.1, -0.05) is 12.1 Å². The number of carbonyl (C=O) groups is 2. The predicted octanol–water partition coefficient (Wildman–Crippen LogP) is 2.31. The Hall–Kier alpha value is -4.02. The van der Waals surface area contributed by atoms with Crippen LogP contribution in [0.3, 0.4) is 0 Å². The minimum atomic E-state index is -0.575. The van der Waals surface area contributed by atoms with Gasteiger partial charge in [0, 0.05) is 12.2 Å². The number of likely N-dealkylation sites (tertiary alicyclic amines) is 1. The molecule has 1 saturated heterocycles. The van der Waals surface area contributed by atoms with E-state index in [4.69, 9.17) is 14.2 Å². The first-order chi connectivity index (χ1) is 16.5. The van der Waals surface area contributed by atoms with Crippen LogP contribution in [0, 0.1) is 0 Å². The van der Waals surface area contributed by atoms with E-state index in [0.717, 1.165) is 6.42 Å². The SMILES string of the molecule is CCOC(=O)c1c(OC)ccnc1OC1CCC(C)N(C(=O)c2ccccc2-n2ncnn2)C1. The van der Waals surface area contributed by atoms with Gasteiger partial charge < -0.3 is 19.1 Å². The molecule has 3 aromatic rings. The molecule has 178 valence electrons. The summed E-state index contributed by atoms with van der Waals surface area (Å²) in [6, 6.07) is 8.68. The Kier molecular flexibility index (Phi) is 7.00. The molecule has 11 heteroatoms. The van der Waals surface area contributed by atoms with Crippen LogP contribution >= 0.6 is 0 Å². The molecule has 1 aliphatic rings. The van der Waals surface area contributed by atoms with Gasteiger partial charge in [-0.25, -0.2) is 9.78 Å². The number of carbonyl (C=O) groups excluding carboxylic acids is 2. The van der Waals surface area contributed by atoms with Gasteiger partial charge in [0.15, 0.2) is 11.9 Å². The number of para-hydroxylation sites is 1. The monoisotopic (exact) mass is 466 g/mol. The lowest BCUT2D eigenvalue weighted by Crippen LogP contribution is -2.49. The minimum absolute atomic E-state index is 0.00749. The van der Waals surface area contributed by atoms with E-state index in [9.17, 15) is 9.59 Å². The summed E-state index contributed by atoms with van der Waals surface area (Å²) in [7, 11) is 1.46. The molecule has 2 aromatic heterocycles. The first-order valence-corrected chi connectivity index (χ1v) is 11.0. The van der Waals surface area contributed by atoms with Crippen LogP contribution in [0.1, 0.15) is 47.4 Å². The molecule has 0 radical (unpaired) electrons. The molecule has 3 heterocycles. The van der Waals surface area contributed by atoms with E-state index in [1.54, 1.807) is 36.1 Å². The van der Waals surface area contributed by atoms with Crippen LogP contribution in [0.15, 0.2) is 42.9 Å². The maximum absolute atomic E-state index is 13.6. The summed E-state index contributed by atoms with van der Waals surface area (Å²) in [5, 5.41) is 11.7. The number of pyridine rings is 1. The Balaban J connectivity index is 1.58. The van der Waals surface area contributed by atoms with Gasteiger partial charge in [0.1, 0.15) is 17.5 Å². The third-order valence-corrected chi connectivity index (χ3v) is 5.65. The predicted molar refractivity (Wildman–Crippen MR) is 120 cm³/mol. The zero-order valence-electron chi connectivity index (χ0n) is 19.2. The quantitative estimate of drug-likeness (QED) is 0.483. The number of piperidine rings is 1. The summed E-state index contributed by atoms with van der Waals surface area (Å²) in [4.78, 5) is 33.4. The van der Waals surface area contributed by atoms with Crippen molar-refractivity contribution >= 4 is 11.9 Å². The van der Waals surface area contributed by atoms with Crippen molar-refractivity contribution < 1.29 is 23.8 Å². The summed E-state index contributed by atoms with van der Waals surface area (Å²) in [6.07, 6.45) is 3.87. The van der Waals surface area contributed by atoms with Crippen molar-refractivity contribution in [3.05, 3.63) is 54.0 Å². The molecule has 0 aliphatic carbocycles. The Labute approximate surface area is 196 Å². The fraction of sp³-hybridized carbons (Fsp3) is 0.391. The lowest BCUT2D eigenvalue weighted by Gasteiger charge is -2.38. The van der Waals surface area contributed by atoms with Crippen molar-refractivity contribution in [1.29, 1.82) is 0 Å². The first kappa shape index (κ1) is 23.1. The number of nitrogens with zero attached hydrogens (tertiary/aromatic N) is 6. The summed E-state index contributed by atoms with van der Waals surface area (Å²) in [5.41, 5.74) is 1.13. The van der Waals surface area contributed by atoms with Crippen molar-refractivity contribution in [3.8, 4) is 17.3 Å². The van der Waals surface area contributed by atoms with Gasteiger partial charge in [-0.05, 0) is 50.1 Å². The molecule has 0 bridgehead atoms. The number of esters is 1. The molecule has 1 aliphatic heterocycles. The third-order valence-electron chi connectivity index (χ3n) is 5.65. The zero-order valence-corrected chi connectivity index (χ0v) is 19.2. The van der Waals surface area contributed by atoms with Gasteiger partial charge in [-0.2, -0.15) is 0 Å². The van der Waals surface area contributed by atoms with Crippen LogP contribution in [0.2, 0.25) is 0 Å². The normalized spacial score (nSPS) is 17.8. The molecule has 0 N–H and O–H groups in total. The summed E-state index contributed by atoms with van der Waals surface area (Å²) in [6.45, 7) is 4.25. The molecular weight excluding hydrogens is 440 g/mol. The van der Waals surface area contributed by atoms with Crippen LogP contribution in [0.25, 0.3) is 5.69 Å². The second-order valence-corrected chi connectivity index (χ2v) is 7.78. The second-order valence-electron chi connectivity index (χ2n) is 7.78. The number of ether oxygens (including phenoxy) is 3. The summed E-state index contributed by atoms with van der Waals surface area (Å²) in [5.74, 6) is -0.307. The van der Waals surface area contributed by atoms with Crippen molar-refractivity contribution in [2.75, 3.05) is 20.3 Å². The number of tetrazole rings is 1. The van der Waals surface area contributed by atoms with Crippen LogP contribution in [-0.2, 0) is 4.74 Å². The third kappa shape index (κ3) is 4.68. The molecule has 34 heavy (non-hydrogen) atoms. The Morgan fingerprint density at radius 2 is 2.00 bits per heavy atom. The van der Waals surface area contributed by atoms with Gasteiger partial charge in [0.2, 0.25) is 5.88 Å². The van der Waals surface area contributed by atoms with E-state index in [-0.39, 0.29) is 36.1 Å². The van der Waals surface area contributed by atoms with Crippen molar-refractivity contribution in [2.45, 2.75) is 38.8 Å². The van der Waals surface area contributed by atoms with Gasteiger partial charge >= 0.3 is 5.97 Å². The van der Waals surface area contributed by atoms with Crippen LogP contribution < -0.4 is 9.47 Å². The number of amides is 1. The number of methoxy groups -OCH3 is 1. The highest BCUT2D eigenvalue weighted by atomic mass is 16.5. The zero-order chi connectivity index (χ0) is 24.1. The van der Waals surface area contributed by atoms with Crippen molar-refractivity contribution in [3.63, 3.8) is 0 Å². The minimum Gasteiger partial charge on any atom is -0.496 e. The van der Waals surface area contributed by atoms with Crippen molar-refractivity contribution in [2.24, 2.45) is 0 Å². The Bertz CT molecular complexity index is 1150. The fourth-order valence-corrected chi connectivity index (χ4v) is 3.95. The van der Waals surface area contributed by atoms with Crippen LogP contribution in [0.5, 0.6) is 11.6 Å². The van der Waals surface area contributed by atoms with Crippen molar-refractivity contribution in [1.82, 2.24) is 30.1 Å². The molecule has 4 rings (SSSR count). The molecular formula is C23H26N6O5. The Morgan fingerprint density at radius 3 is 2.74 bits per heavy atom. The van der Waals surface area contributed by atoms with E-state index in [0.29, 0.717) is 30.0 Å². The standard InChI is InChI=1S/C23H26N6O5/c1-4-33-23(31)20-19(32-3)11-12-24-21(20)34-16-10-9-15(2)28(13-16)22(30)17-7-5-6-8-18(17)29-26-14-25-27-29/h5-8,11-12,14-16H,4,9-10,13H2,1-3H3. The maximum Gasteiger partial charge on any atom is 0.347 e. The summed E-state index contributed by atoms with van der Waals surface area (Å²) < 4.78 is 16.6. The molecule has 0 spiro atoms. The number of benzene rings is 1. The Morgan fingerprint density at radius 1 is 1.18 bits per heavy atom. The molecule has 11 nitrogen and oxygen atoms in total. The highest BCUT2D eigenvalue weighted by molar-refractivity contribution is 5.98. The van der Waals surface area contributed by atoms with E-state index in [1.165, 1.54) is 24.4 Å². The molecule has 1 aromatic carbocycles. The molecule has 2 atom stereocenters. The number of rotatable bonds is 7. The van der Waals surface area contributed by atoms with Gasteiger partial charge in [-0.3, -0.25) is 4.79 Å². The lowest BCUT2D eigenvalue weighted by molar-refractivity contribution is 0.0350. The average molecular weight is 466 g/mol. The van der Waals surface area contributed by atoms with Crippen LogP contribution in [-0.4, -0.2) is 74.4 Å². The van der Waals surface area contributed by atoms with Gasteiger partial charge in [0.05, 0.1) is 25.8 Å². The number of hydrogen-bond donors (Lipinski definition) is 0. The average Bonchev–Trinajstić information content (AvgIpc) is 3.39. The highest BCUT2D eigenvalue weighted by Crippen LogP contribution is 2.30. The van der Waals surface area contributed by atoms with Crippen LogP contribution in [0.4, 0.5) is 0 Å². The topological polar surface area (TPSA) is 122 Å². The molecule has 2 unspecified atom stereocenters. The molecule has 0 saturated carbocycles. The largest absolute Gasteiger partial charge is 0.496 e. The van der Waals surface area contributed by atoms with Gasteiger partial charge in [0.25, 0.3) is 5.91 Å². The summed E-state index contributed by atoms with van der Waals surface area (Å²) >= 11 is 0. The maximum atomic E-state index is 13.6. The number of aromatic nitrogens is 5. The van der Waals surface area contributed by atoms with E-state index in [1.807, 2.05) is 13.0 Å². The smallest absolute Gasteiger partial charge is 0.347 e. The number of hydrogen-bond acceptors (Lipinski definition) is 9.